The van der Waals surface area contributed by atoms with Crippen molar-refractivity contribution in [1.29, 1.82) is 0 Å². The molecule has 0 fully saturated rings. The van der Waals surface area contributed by atoms with Crippen LogP contribution in [0.25, 0.3) is 33.5 Å². The molecule has 1 aliphatic carbocycles. The summed E-state index contributed by atoms with van der Waals surface area (Å²) in [4.78, 5) is 28.0. The molecule has 0 saturated carbocycles. The highest BCUT2D eigenvalue weighted by molar-refractivity contribution is 7.86. The van der Waals surface area contributed by atoms with Crippen molar-refractivity contribution in [2.24, 2.45) is 12.5 Å². The number of carboxylic acids is 1. The summed E-state index contributed by atoms with van der Waals surface area (Å²) in [7, 11) is -5.66. The Morgan fingerprint density at radius 3 is 2.25 bits per heavy atom. The molecule has 5 aromatic rings. The number of benzene rings is 4. The number of fused-ring (bicyclic) bond motifs is 4. The highest BCUT2D eigenvalue weighted by Crippen LogP contribution is 2.46. The van der Waals surface area contributed by atoms with Gasteiger partial charge in [0, 0.05) is 48.1 Å². The smallest absolute Gasteiger partial charge is 0.319 e. The van der Waals surface area contributed by atoms with Crippen LogP contribution >= 0.6 is 0 Å². The van der Waals surface area contributed by atoms with Crippen LogP contribution in [0.5, 0.6) is 0 Å². The highest BCUT2D eigenvalue weighted by atomic mass is 32.2. The lowest BCUT2D eigenvalue weighted by Gasteiger charge is -2.33. The zero-order chi connectivity index (χ0) is 40.2. The Morgan fingerprint density at radius 1 is 0.857 bits per heavy atom. The molecule has 0 saturated heterocycles. The third-order valence-electron chi connectivity index (χ3n) is 10.4. The maximum atomic E-state index is 13.7. The van der Waals surface area contributed by atoms with E-state index in [-0.39, 0.29) is 29.2 Å². The van der Waals surface area contributed by atoms with Gasteiger partial charge in [0.15, 0.2) is 5.41 Å². The van der Waals surface area contributed by atoms with Crippen molar-refractivity contribution >= 4 is 76.9 Å². The normalized spacial score (nSPS) is 18.7. The number of nitrogens with one attached hydrogen (secondary N) is 1. The van der Waals surface area contributed by atoms with Crippen LogP contribution in [0.3, 0.4) is 0 Å². The van der Waals surface area contributed by atoms with Crippen LogP contribution in [0.2, 0.25) is 0 Å². The Hall–Kier alpha value is -5.93. The highest BCUT2D eigenvalue weighted by Gasteiger charge is 2.48. The van der Waals surface area contributed by atoms with Crippen molar-refractivity contribution < 1.29 is 45.2 Å². The molecule has 14 heteroatoms. The van der Waals surface area contributed by atoms with Gasteiger partial charge in [-0.05, 0) is 72.9 Å². The molecule has 286 valence electrons. The summed E-state index contributed by atoms with van der Waals surface area (Å²) < 4.78 is 71.5. The lowest BCUT2D eigenvalue weighted by atomic mass is 9.71. The molecule has 1 aliphatic heterocycles. The average Bonchev–Trinajstić information content (AvgIpc) is 3.16. The van der Waals surface area contributed by atoms with E-state index < -0.39 is 37.5 Å². The topological polar surface area (TPSA) is 185 Å². The second-order valence-electron chi connectivity index (χ2n) is 13.8. The average molecular weight is 792 g/mol. The molecule has 56 heavy (non-hydrogen) atoms. The summed E-state index contributed by atoms with van der Waals surface area (Å²) in [6, 6.07) is 23.5. The minimum atomic E-state index is -4.74. The minimum absolute atomic E-state index is 0.120. The third kappa shape index (κ3) is 6.81. The van der Waals surface area contributed by atoms with Gasteiger partial charge in [0.1, 0.15) is 17.2 Å². The number of carbonyl (C=O) groups is 2. The molecule has 2 heterocycles. The molecule has 0 radical (unpaired) electrons. The number of anilines is 2. The van der Waals surface area contributed by atoms with Gasteiger partial charge in [-0.3, -0.25) is 14.1 Å². The number of carboxylic acid groups (broad SMARTS) is 1. The molecule has 1 atom stereocenters. The van der Waals surface area contributed by atoms with Crippen molar-refractivity contribution in [3.8, 4) is 0 Å². The van der Waals surface area contributed by atoms with E-state index in [0.717, 1.165) is 22.2 Å². The third-order valence-corrected chi connectivity index (χ3v) is 12.1. The van der Waals surface area contributed by atoms with Crippen molar-refractivity contribution in [2.45, 2.75) is 29.6 Å². The van der Waals surface area contributed by atoms with E-state index in [9.17, 15) is 40.6 Å². The fourth-order valence-electron chi connectivity index (χ4n) is 7.68. The molecule has 1 aromatic heterocycles. The lowest BCUT2D eigenvalue weighted by molar-refractivity contribution is -0.617. The number of hydrogen-bond donors (Lipinski definition) is 3. The molecular weight excluding hydrogens is 755 g/mol. The van der Waals surface area contributed by atoms with Crippen LogP contribution in [-0.4, -0.2) is 56.5 Å². The molecule has 0 bridgehead atoms. The Bertz CT molecular complexity index is 2860. The molecule has 3 N–H and O–H groups in total. The van der Waals surface area contributed by atoms with Gasteiger partial charge in [0.05, 0.1) is 26.3 Å². The van der Waals surface area contributed by atoms with Crippen LogP contribution < -0.4 is 14.8 Å². The van der Waals surface area contributed by atoms with E-state index in [0.29, 0.717) is 44.4 Å². The van der Waals surface area contributed by atoms with Gasteiger partial charge in [-0.25, -0.2) is 8.42 Å². The minimum Gasteiger partial charge on any atom is -0.744 e. The standard InChI is InChI=1S/C42H37N3O9S2/c1-4-43-40(46)42(41(47)48)24-26(13-17-30-32-9-5-7-11-36(32)44(2)38-22-28(55(49,50)51)15-19-34(30)38)21-27(25-42)14-18-31-33-10-6-8-12-37(33)45(3)39-23-29(56(52,53)54)16-20-35(31)39/h5-23H,4,24-25H2,1-3H3,(H3-,43,46,47,48,49,50,51,52,53,54). The first-order valence-electron chi connectivity index (χ1n) is 17.6. The summed E-state index contributed by atoms with van der Waals surface area (Å²) in [5.41, 5.74) is 4.71. The van der Waals surface area contributed by atoms with E-state index in [1.54, 1.807) is 49.9 Å². The Labute approximate surface area is 323 Å². The van der Waals surface area contributed by atoms with Crippen molar-refractivity contribution in [3.05, 3.63) is 137 Å². The molecule has 1 amide bonds. The monoisotopic (exact) mass is 791 g/mol. The summed E-state index contributed by atoms with van der Waals surface area (Å²) in [6.07, 6.45) is 8.75. The number of amides is 1. The molecular formula is C42H37N3O9S2. The van der Waals surface area contributed by atoms with Gasteiger partial charge in [-0.1, -0.05) is 66.8 Å². The number of carbonyl (C=O) groups excluding carboxylic acids is 1. The second-order valence-corrected chi connectivity index (χ2v) is 16.6. The quantitative estimate of drug-likeness (QED) is 0.0724. The fraction of sp³-hybridized carbons (Fsp3) is 0.167. The number of rotatable bonds is 8. The molecule has 7 rings (SSSR count). The number of aryl methyl sites for hydroxylation is 1. The van der Waals surface area contributed by atoms with E-state index in [4.69, 9.17) is 0 Å². The number of hydrogen-bond acceptors (Lipinski definition) is 8. The Morgan fingerprint density at radius 2 is 1.54 bits per heavy atom. The molecule has 4 aromatic carbocycles. The second kappa shape index (κ2) is 14.3. The first-order chi connectivity index (χ1) is 26.5. The predicted octanol–water partition coefficient (Wildman–Crippen LogP) is 6.05. The van der Waals surface area contributed by atoms with E-state index >= 15 is 0 Å². The Kier molecular flexibility index (Phi) is 9.79. The SMILES string of the molecule is CCNC(=O)C1(C(=O)O)CC(/C=C/c2c3ccccc3[n+](C)c3cc(S(=O)(=O)[O-])ccc23)=CC(=C/C=C2\c3ccccc3N(C)c3cc(S(=O)(=O)O)ccc32)/C1. The molecule has 0 spiro atoms. The zero-order valence-corrected chi connectivity index (χ0v) is 32.2. The summed E-state index contributed by atoms with van der Waals surface area (Å²) in [5, 5.41) is 14.9. The van der Waals surface area contributed by atoms with E-state index in [1.807, 2.05) is 71.7 Å². The van der Waals surface area contributed by atoms with Crippen LogP contribution in [0.15, 0.2) is 130 Å². The van der Waals surface area contributed by atoms with Gasteiger partial charge in [-0.15, -0.1) is 0 Å². The zero-order valence-electron chi connectivity index (χ0n) is 30.6. The summed E-state index contributed by atoms with van der Waals surface area (Å²) >= 11 is 0. The number of para-hydroxylation sites is 2. The van der Waals surface area contributed by atoms with Crippen LogP contribution in [0, 0.1) is 5.41 Å². The van der Waals surface area contributed by atoms with Gasteiger partial charge in [0.2, 0.25) is 16.9 Å². The van der Waals surface area contributed by atoms with Gasteiger partial charge < -0.3 is 19.9 Å². The van der Waals surface area contributed by atoms with Crippen LogP contribution in [0.4, 0.5) is 11.4 Å². The molecule has 1 unspecified atom stereocenters. The molecule has 2 aliphatic rings. The summed E-state index contributed by atoms with van der Waals surface area (Å²) in [5.74, 6) is -1.92. The number of allylic oxidation sites excluding steroid dienone is 6. The van der Waals surface area contributed by atoms with Gasteiger partial charge in [0.25, 0.3) is 10.1 Å². The number of aliphatic carboxylic acids is 1. The first-order valence-corrected chi connectivity index (χ1v) is 20.4. The van der Waals surface area contributed by atoms with Crippen molar-refractivity contribution in [2.75, 3.05) is 18.5 Å². The lowest BCUT2D eigenvalue weighted by Crippen LogP contribution is -2.48. The number of nitrogens with zero attached hydrogens (tertiary/aromatic N) is 2. The van der Waals surface area contributed by atoms with Gasteiger partial charge in [-0.2, -0.15) is 13.0 Å². The van der Waals surface area contributed by atoms with Gasteiger partial charge >= 0.3 is 5.97 Å². The largest absolute Gasteiger partial charge is 0.744 e. The maximum Gasteiger partial charge on any atom is 0.319 e. The van der Waals surface area contributed by atoms with E-state index in [2.05, 4.69) is 5.32 Å². The van der Waals surface area contributed by atoms with Crippen LogP contribution in [0.1, 0.15) is 36.5 Å². The molecule has 12 nitrogen and oxygen atoms in total. The predicted molar refractivity (Wildman–Crippen MR) is 212 cm³/mol. The first kappa shape index (κ1) is 38.3. The van der Waals surface area contributed by atoms with Crippen molar-refractivity contribution in [1.82, 2.24) is 5.32 Å². The number of aromatic nitrogens is 1. The summed E-state index contributed by atoms with van der Waals surface area (Å²) in [6.45, 7) is 1.93. The maximum absolute atomic E-state index is 13.7. The van der Waals surface area contributed by atoms with Crippen LogP contribution in [-0.2, 0) is 36.9 Å². The number of pyridine rings is 1. The fourth-order valence-corrected chi connectivity index (χ4v) is 8.67. The van der Waals surface area contributed by atoms with E-state index in [1.165, 1.54) is 24.3 Å². The Balaban J connectivity index is 1.41. The van der Waals surface area contributed by atoms with Crippen molar-refractivity contribution in [3.63, 3.8) is 0 Å².